The molecule has 1 saturated carbocycles. The molecule has 1 fully saturated rings. The average molecular weight is 282 g/mol. The van der Waals surface area contributed by atoms with Crippen molar-refractivity contribution in [1.29, 1.82) is 0 Å². The van der Waals surface area contributed by atoms with Crippen molar-refractivity contribution >= 4 is 11.3 Å². The number of aliphatic hydroxyl groups excluding tert-OH is 1. The van der Waals surface area contributed by atoms with Crippen molar-refractivity contribution in [2.45, 2.75) is 64.1 Å². The van der Waals surface area contributed by atoms with Crippen LogP contribution in [0.4, 0.5) is 0 Å². The third-order valence-corrected chi connectivity index (χ3v) is 5.49. The van der Waals surface area contributed by atoms with Crippen LogP contribution < -0.4 is 0 Å². The number of aliphatic hydroxyl groups is 1. The second kappa shape index (κ2) is 7.41. The zero-order valence-corrected chi connectivity index (χ0v) is 12.9. The number of ether oxygens (including phenoxy) is 1. The molecule has 0 aliphatic heterocycles. The molecule has 0 bridgehead atoms. The first-order valence-electron chi connectivity index (χ1n) is 7.53. The van der Waals surface area contributed by atoms with Crippen molar-refractivity contribution in [3.8, 4) is 0 Å². The lowest BCUT2D eigenvalue weighted by atomic mass is 9.82. The van der Waals surface area contributed by atoms with Gasteiger partial charge in [-0.05, 0) is 37.3 Å². The lowest BCUT2D eigenvalue weighted by Gasteiger charge is -2.32. The molecule has 0 aromatic carbocycles. The Morgan fingerprint density at radius 1 is 1.26 bits per heavy atom. The van der Waals surface area contributed by atoms with Crippen LogP contribution in [0.3, 0.4) is 0 Å². The zero-order chi connectivity index (χ0) is 13.7. The first kappa shape index (κ1) is 15.0. The Kier molecular flexibility index (Phi) is 5.86. The molecule has 2 atom stereocenters. The quantitative estimate of drug-likeness (QED) is 0.859. The van der Waals surface area contributed by atoms with Crippen LogP contribution in [-0.2, 0) is 17.6 Å². The van der Waals surface area contributed by atoms with E-state index in [4.69, 9.17) is 4.74 Å². The lowest BCUT2D eigenvalue weighted by Crippen LogP contribution is -2.37. The summed E-state index contributed by atoms with van der Waals surface area (Å²) in [4.78, 5) is 2.68. The Bertz CT molecular complexity index is 369. The first-order valence-corrected chi connectivity index (χ1v) is 8.34. The molecule has 0 spiro atoms. The Labute approximate surface area is 120 Å². The van der Waals surface area contributed by atoms with Gasteiger partial charge < -0.3 is 9.84 Å². The number of hydrogen-bond acceptors (Lipinski definition) is 3. The molecule has 1 aliphatic carbocycles. The Morgan fingerprint density at radius 2 is 1.95 bits per heavy atom. The van der Waals surface area contributed by atoms with Crippen LogP contribution in [0.2, 0.25) is 0 Å². The van der Waals surface area contributed by atoms with Gasteiger partial charge in [-0.3, -0.25) is 0 Å². The SMILES string of the molecule is CCc1ccc(CC(O)C(OC)C2CCCCC2)s1. The molecular formula is C16H26O2S. The Morgan fingerprint density at radius 3 is 2.53 bits per heavy atom. The van der Waals surface area contributed by atoms with Crippen LogP contribution in [0, 0.1) is 5.92 Å². The highest BCUT2D eigenvalue weighted by Gasteiger charge is 2.29. The third kappa shape index (κ3) is 4.04. The van der Waals surface area contributed by atoms with E-state index < -0.39 is 0 Å². The third-order valence-electron chi connectivity index (χ3n) is 4.24. The van der Waals surface area contributed by atoms with Crippen LogP contribution in [-0.4, -0.2) is 24.4 Å². The van der Waals surface area contributed by atoms with E-state index in [0.717, 1.165) is 12.8 Å². The number of aryl methyl sites for hydroxylation is 1. The molecular weight excluding hydrogens is 256 g/mol. The minimum atomic E-state index is -0.364. The lowest BCUT2D eigenvalue weighted by molar-refractivity contribution is -0.0532. The Balaban J connectivity index is 1.93. The molecule has 1 aromatic rings. The molecule has 1 N–H and O–H groups in total. The zero-order valence-electron chi connectivity index (χ0n) is 12.1. The summed E-state index contributed by atoms with van der Waals surface area (Å²) in [5.41, 5.74) is 0. The van der Waals surface area contributed by atoms with Gasteiger partial charge in [0.15, 0.2) is 0 Å². The van der Waals surface area contributed by atoms with Gasteiger partial charge in [-0.15, -0.1) is 11.3 Å². The molecule has 0 saturated heterocycles. The first-order chi connectivity index (χ1) is 9.24. The van der Waals surface area contributed by atoms with Gasteiger partial charge in [0.05, 0.1) is 12.2 Å². The standard InChI is InChI=1S/C16H26O2S/c1-3-13-9-10-14(19-13)11-15(17)16(18-2)12-7-5-4-6-8-12/h9-10,12,15-17H,3-8,11H2,1-2H3. The maximum atomic E-state index is 10.5. The summed E-state index contributed by atoms with van der Waals surface area (Å²) in [5, 5.41) is 10.5. The summed E-state index contributed by atoms with van der Waals surface area (Å²) < 4.78 is 5.61. The fraction of sp³-hybridized carbons (Fsp3) is 0.750. The average Bonchev–Trinajstić information content (AvgIpc) is 2.88. The summed E-state index contributed by atoms with van der Waals surface area (Å²) in [6.45, 7) is 2.17. The molecule has 2 unspecified atom stereocenters. The van der Waals surface area contributed by atoms with Gasteiger partial charge in [-0.1, -0.05) is 26.2 Å². The molecule has 1 heterocycles. The molecule has 2 nitrogen and oxygen atoms in total. The molecule has 0 radical (unpaired) electrons. The molecule has 3 heteroatoms. The fourth-order valence-electron chi connectivity index (χ4n) is 3.17. The van der Waals surface area contributed by atoms with Gasteiger partial charge in [-0.2, -0.15) is 0 Å². The van der Waals surface area contributed by atoms with E-state index in [0.29, 0.717) is 5.92 Å². The van der Waals surface area contributed by atoms with E-state index in [1.807, 2.05) is 11.3 Å². The molecule has 2 rings (SSSR count). The Hall–Kier alpha value is -0.380. The topological polar surface area (TPSA) is 29.5 Å². The highest BCUT2D eigenvalue weighted by atomic mass is 32.1. The maximum Gasteiger partial charge on any atom is 0.0861 e. The number of hydrogen-bond donors (Lipinski definition) is 1. The minimum absolute atomic E-state index is 0.00692. The summed E-state index contributed by atoms with van der Waals surface area (Å²) in [6.07, 6.45) is 7.79. The monoisotopic (exact) mass is 282 g/mol. The van der Waals surface area contributed by atoms with Crippen LogP contribution in [0.1, 0.15) is 48.8 Å². The number of rotatable bonds is 6. The van der Waals surface area contributed by atoms with Crippen molar-refractivity contribution in [1.82, 2.24) is 0 Å². The van der Waals surface area contributed by atoms with Crippen LogP contribution in [0.15, 0.2) is 12.1 Å². The van der Waals surface area contributed by atoms with Gasteiger partial charge in [0, 0.05) is 23.3 Å². The van der Waals surface area contributed by atoms with Crippen molar-refractivity contribution < 1.29 is 9.84 Å². The normalized spacial score (nSPS) is 20.4. The van der Waals surface area contributed by atoms with Crippen LogP contribution in [0.5, 0.6) is 0 Å². The van der Waals surface area contributed by atoms with E-state index in [-0.39, 0.29) is 12.2 Å². The van der Waals surface area contributed by atoms with Gasteiger partial charge in [0.25, 0.3) is 0 Å². The van der Waals surface area contributed by atoms with Gasteiger partial charge in [0.2, 0.25) is 0 Å². The smallest absolute Gasteiger partial charge is 0.0861 e. The van der Waals surface area contributed by atoms with Crippen molar-refractivity contribution in [3.63, 3.8) is 0 Å². The summed E-state index contributed by atoms with van der Waals surface area (Å²) in [5.74, 6) is 0.541. The van der Waals surface area contributed by atoms with Gasteiger partial charge in [0.1, 0.15) is 0 Å². The highest BCUT2D eigenvalue weighted by Crippen LogP contribution is 2.30. The number of methoxy groups -OCH3 is 1. The van der Waals surface area contributed by atoms with E-state index in [9.17, 15) is 5.11 Å². The maximum absolute atomic E-state index is 10.5. The van der Waals surface area contributed by atoms with E-state index in [2.05, 4.69) is 19.1 Å². The predicted octanol–water partition coefficient (Wildman–Crippen LogP) is 3.81. The van der Waals surface area contributed by atoms with E-state index >= 15 is 0 Å². The summed E-state index contributed by atoms with van der Waals surface area (Å²) in [6, 6.07) is 4.33. The molecule has 0 amide bonds. The van der Waals surface area contributed by atoms with Crippen LogP contribution >= 0.6 is 11.3 Å². The van der Waals surface area contributed by atoms with Crippen molar-refractivity contribution in [2.75, 3.05) is 7.11 Å². The second-order valence-corrected chi connectivity index (χ2v) is 6.84. The largest absolute Gasteiger partial charge is 0.390 e. The second-order valence-electron chi connectivity index (χ2n) is 5.59. The fourth-order valence-corrected chi connectivity index (χ4v) is 4.18. The predicted molar refractivity (Wildman–Crippen MR) is 80.8 cm³/mol. The highest BCUT2D eigenvalue weighted by molar-refractivity contribution is 7.11. The summed E-state index contributed by atoms with van der Waals surface area (Å²) in [7, 11) is 1.74. The summed E-state index contributed by atoms with van der Waals surface area (Å²) >= 11 is 1.82. The molecule has 1 aromatic heterocycles. The van der Waals surface area contributed by atoms with E-state index in [1.165, 1.54) is 41.9 Å². The minimum Gasteiger partial charge on any atom is -0.390 e. The van der Waals surface area contributed by atoms with Gasteiger partial charge in [-0.25, -0.2) is 0 Å². The van der Waals surface area contributed by atoms with Crippen molar-refractivity contribution in [3.05, 3.63) is 21.9 Å². The van der Waals surface area contributed by atoms with E-state index in [1.54, 1.807) is 7.11 Å². The number of thiophene rings is 1. The van der Waals surface area contributed by atoms with Crippen LogP contribution in [0.25, 0.3) is 0 Å². The molecule has 19 heavy (non-hydrogen) atoms. The molecule has 1 aliphatic rings. The molecule has 108 valence electrons. The van der Waals surface area contributed by atoms with Crippen molar-refractivity contribution in [2.24, 2.45) is 5.92 Å². The van der Waals surface area contributed by atoms with Gasteiger partial charge >= 0.3 is 0 Å².